The largest absolute Gasteiger partial charge is 0.480 e. The number of halogens is 3. The van der Waals surface area contributed by atoms with E-state index in [9.17, 15) is 22.8 Å². The molecule has 1 unspecified atom stereocenters. The summed E-state index contributed by atoms with van der Waals surface area (Å²) in [5.74, 6) is -3.58. The lowest BCUT2D eigenvalue weighted by atomic mass is 9.59. The Morgan fingerprint density at radius 3 is 2.27 bits per heavy atom. The molecule has 254 valence electrons. The van der Waals surface area contributed by atoms with Crippen LogP contribution in [0.2, 0.25) is 15.1 Å². The molecule has 0 saturated carbocycles. The zero-order chi connectivity index (χ0) is 35.1. The number of benzene rings is 3. The lowest BCUT2D eigenvalue weighted by molar-refractivity contribution is -0.134. The zero-order valence-corrected chi connectivity index (χ0v) is 29.7. The number of aryl methyl sites for hydroxylation is 1. The van der Waals surface area contributed by atoms with Crippen molar-refractivity contribution >= 4 is 74.1 Å². The molecule has 0 aromatic heterocycles. The van der Waals surface area contributed by atoms with Crippen LogP contribution < -0.4 is 19.7 Å². The van der Waals surface area contributed by atoms with Crippen LogP contribution in [-0.2, 0) is 34.6 Å². The highest BCUT2D eigenvalue weighted by Crippen LogP contribution is 2.60. The van der Waals surface area contributed by atoms with Crippen molar-refractivity contribution in [2.24, 2.45) is 0 Å². The first-order valence-electron chi connectivity index (χ1n) is 15.4. The van der Waals surface area contributed by atoms with Gasteiger partial charge in [-0.25, -0.2) is 18.0 Å². The number of hydrogen-bond donors (Lipinski definition) is 2. The molecule has 5 rings (SSSR count). The van der Waals surface area contributed by atoms with E-state index in [4.69, 9.17) is 39.5 Å². The third-order valence-corrected chi connectivity index (χ3v) is 10.9. The van der Waals surface area contributed by atoms with E-state index >= 15 is 4.79 Å². The number of imide groups is 1. The number of rotatable bonds is 9. The molecule has 3 aromatic rings. The highest BCUT2D eigenvalue weighted by atomic mass is 35.5. The maximum absolute atomic E-state index is 15.0. The first-order chi connectivity index (χ1) is 22.6. The lowest BCUT2D eigenvalue weighted by Crippen LogP contribution is -2.58. The number of amides is 4. The van der Waals surface area contributed by atoms with Gasteiger partial charge in [-0.05, 0) is 78.9 Å². The molecule has 1 fully saturated rings. The van der Waals surface area contributed by atoms with Crippen LogP contribution in [0, 0.1) is 6.92 Å². The standard InChI is InChI=1S/C34H34Cl3N3O7S/c1-5-13-48(45,46)39-32(43)28(6-2)47-29-12-10-21(36)15-24(29)26-17-30(42)38-31(23-14-20(35)8-7-18(23)3)34(26)25-11-9-22(37)16-27(25)40(19(4)41)33(34)44/h7-12,14-16,26,28,31H,5-6,13,17H2,1-4H3,(H,38,42)(H,39,43)/t26-,28?,31+,34-/m0/s1. The maximum atomic E-state index is 15.0. The Labute approximate surface area is 294 Å². The number of carbonyl (C=O) groups excluding carboxylic acids is 4. The second-order valence-corrected chi connectivity index (χ2v) is 15.1. The molecule has 4 atom stereocenters. The van der Waals surface area contributed by atoms with Crippen molar-refractivity contribution in [3.63, 3.8) is 0 Å². The van der Waals surface area contributed by atoms with Crippen LogP contribution in [-0.4, -0.2) is 43.9 Å². The van der Waals surface area contributed by atoms with Gasteiger partial charge >= 0.3 is 0 Å². The number of ether oxygens (including phenoxy) is 1. The molecule has 2 N–H and O–H groups in total. The minimum atomic E-state index is -3.90. The van der Waals surface area contributed by atoms with Gasteiger partial charge in [0.15, 0.2) is 6.10 Å². The van der Waals surface area contributed by atoms with Crippen molar-refractivity contribution in [3.05, 3.63) is 91.9 Å². The van der Waals surface area contributed by atoms with E-state index in [0.29, 0.717) is 33.2 Å². The summed E-state index contributed by atoms with van der Waals surface area (Å²) in [6, 6.07) is 13.5. The average molecular weight is 735 g/mol. The molecule has 2 aliphatic rings. The molecule has 0 radical (unpaired) electrons. The molecule has 3 aromatic carbocycles. The number of fused-ring (bicyclic) bond motifs is 2. The topological polar surface area (TPSA) is 139 Å². The highest BCUT2D eigenvalue weighted by molar-refractivity contribution is 7.90. The van der Waals surface area contributed by atoms with E-state index in [1.807, 2.05) is 6.92 Å². The Balaban J connectivity index is 1.77. The van der Waals surface area contributed by atoms with Crippen LogP contribution in [0.1, 0.15) is 74.2 Å². The summed E-state index contributed by atoms with van der Waals surface area (Å²) in [6.45, 7) is 6.42. The molecule has 4 amide bonds. The Hall–Kier alpha value is -3.64. The molecule has 0 bridgehead atoms. The summed E-state index contributed by atoms with van der Waals surface area (Å²) in [6.07, 6.45) is -1.09. The van der Waals surface area contributed by atoms with Crippen LogP contribution in [0.5, 0.6) is 5.75 Å². The van der Waals surface area contributed by atoms with Gasteiger partial charge in [0.2, 0.25) is 27.7 Å². The Kier molecular flexibility index (Phi) is 10.2. The molecule has 2 heterocycles. The smallest absolute Gasteiger partial charge is 0.274 e. The van der Waals surface area contributed by atoms with Crippen molar-refractivity contribution in [2.45, 2.75) is 70.4 Å². The predicted octanol–water partition coefficient (Wildman–Crippen LogP) is 6.14. The third-order valence-electron chi connectivity index (χ3n) is 8.78. The van der Waals surface area contributed by atoms with Crippen molar-refractivity contribution in [1.82, 2.24) is 10.0 Å². The molecular formula is C34H34Cl3N3O7S. The fourth-order valence-corrected chi connectivity index (χ4v) is 8.38. The summed E-state index contributed by atoms with van der Waals surface area (Å²) < 4.78 is 33.2. The molecule has 14 heteroatoms. The number of hydrogen-bond acceptors (Lipinski definition) is 7. The number of nitrogens with one attached hydrogen (secondary N) is 2. The summed E-state index contributed by atoms with van der Waals surface area (Å²) >= 11 is 19.4. The van der Waals surface area contributed by atoms with Crippen molar-refractivity contribution in [2.75, 3.05) is 10.7 Å². The van der Waals surface area contributed by atoms with Gasteiger partial charge in [0.1, 0.15) is 11.2 Å². The fraction of sp³-hybridized carbons (Fsp3) is 0.353. The monoisotopic (exact) mass is 733 g/mol. The highest BCUT2D eigenvalue weighted by Gasteiger charge is 2.64. The molecule has 10 nitrogen and oxygen atoms in total. The predicted molar refractivity (Wildman–Crippen MR) is 184 cm³/mol. The van der Waals surface area contributed by atoms with E-state index < -0.39 is 57.1 Å². The lowest BCUT2D eigenvalue weighted by Gasteiger charge is -2.47. The van der Waals surface area contributed by atoms with Crippen molar-refractivity contribution in [3.8, 4) is 5.75 Å². The second-order valence-electron chi connectivity index (χ2n) is 11.9. The number of anilines is 1. The van der Waals surface area contributed by atoms with Gasteiger partial charge in [0.25, 0.3) is 5.91 Å². The van der Waals surface area contributed by atoms with E-state index in [1.165, 1.54) is 25.1 Å². The molecule has 1 saturated heterocycles. The molecule has 2 aliphatic heterocycles. The van der Waals surface area contributed by atoms with Gasteiger partial charge in [0, 0.05) is 39.9 Å². The molecule has 1 spiro atoms. The van der Waals surface area contributed by atoms with Gasteiger partial charge in [-0.1, -0.05) is 60.8 Å². The fourth-order valence-electron chi connectivity index (χ4n) is 6.77. The number of sulfonamides is 1. The summed E-state index contributed by atoms with van der Waals surface area (Å²) in [5, 5.41) is 3.94. The summed E-state index contributed by atoms with van der Waals surface area (Å²) in [5.41, 5.74) is 0.630. The SMILES string of the molecule is CCCS(=O)(=O)NC(=O)C(CC)Oc1ccc(Cl)cc1[C@@H]1CC(=O)N[C@H](c2cc(Cl)ccc2C)[C@@]12C(=O)N(C(C)=O)c1cc(Cl)ccc12. The van der Waals surface area contributed by atoms with Gasteiger partial charge < -0.3 is 10.1 Å². The van der Waals surface area contributed by atoms with Crippen LogP contribution in [0.4, 0.5) is 5.69 Å². The van der Waals surface area contributed by atoms with E-state index in [-0.39, 0.29) is 35.1 Å². The number of nitrogens with zero attached hydrogens (tertiary/aromatic N) is 1. The molecule has 48 heavy (non-hydrogen) atoms. The van der Waals surface area contributed by atoms with Crippen LogP contribution in [0.25, 0.3) is 0 Å². The van der Waals surface area contributed by atoms with Crippen LogP contribution >= 0.6 is 34.8 Å². The van der Waals surface area contributed by atoms with Gasteiger partial charge in [-0.2, -0.15) is 0 Å². The first kappa shape index (κ1) is 35.7. The van der Waals surface area contributed by atoms with E-state index in [0.717, 1.165) is 10.5 Å². The van der Waals surface area contributed by atoms with E-state index in [2.05, 4.69) is 10.0 Å². The second kappa shape index (κ2) is 13.7. The van der Waals surface area contributed by atoms with E-state index in [1.54, 1.807) is 50.2 Å². The normalized spacial score (nSPS) is 21.1. The van der Waals surface area contributed by atoms with Crippen molar-refractivity contribution in [1.29, 1.82) is 0 Å². The minimum Gasteiger partial charge on any atom is -0.480 e. The van der Waals surface area contributed by atoms with Crippen LogP contribution in [0.3, 0.4) is 0 Å². The zero-order valence-electron chi connectivity index (χ0n) is 26.6. The molecule has 0 aliphatic carbocycles. The van der Waals surface area contributed by atoms with Gasteiger partial charge in [-0.15, -0.1) is 0 Å². The Morgan fingerprint density at radius 1 is 1.00 bits per heavy atom. The number of carbonyl (C=O) groups is 4. The van der Waals surface area contributed by atoms with Crippen LogP contribution in [0.15, 0.2) is 54.6 Å². The average Bonchev–Trinajstić information content (AvgIpc) is 3.25. The maximum Gasteiger partial charge on any atom is 0.274 e. The first-order valence-corrected chi connectivity index (χ1v) is 18.1. The third kappa shape index (κ3) is 6.41. The summed E-state index contributed by atoms with van der Waals surface area (Å²) in [7, 11) is -3.90. The number of piperidine rings is 1. The quantitative estimate of drug-likeness (QED) is 0.269. The minimum absolute atomic E-state index is 0.0918. The molecular weight excluding hydrogens is 701 g/mol. The van der Waals surface area contributed by atoms with Crippen molar-refractivity contribution < 1.29 is 32.3 Å². The summed E-state index contributed by atoms with van der Waals surface area (Å²) in [4.78, 5) is 56.1. The Morgan fingerprint density at radius 2 is 1.62 bits per heavy atom. The van der Waals surface area contributed by atoms with Gasteiger partial charge in [-0.3, -0.25) is 19.2 Å². The van der Waals surface area contributed by atoms with Gasteiger partial charge in [0.05, 0.1) is 17.5 Å². The Bertz CT molecular complexity index is 1940.